The van der Waals surface area contributed by atoms with Gasteiger partial charge in [-0.05, 0) is 24.1 Å². The lowest BCUT2D eigenvalue weighted by Gasteiger charge is -2.30. The number of aromatic nitrogens is 1. The zero-order valence-corrected chi connectivity index (χ0v) is 14.8. The number of halogens is 2. The summed E-state index contributed by atoms with van der Waals surface area (Å²) in [5.41, 5.74) is 0.321. The van der Waals surface area contributed by atoms with Crippen LogP contribution in [0.3, 0.4) is 0 Å². The van der Waals surface area contributed by atoms with Crippen molar-refractivity contribution >= 4 is 22.7 Å². The molecule has 1 unspecified atom stereocenters. The minimum atomic E-state index is -0.758. The van der Waals surface area contributed by atoms with Gasteiger partial charge in [-0.1, -0.05) is 30.3 Å². The topological polar surface area (TPSA) is 71.1 Å². The summed E-state index contributed by atoms with van der Waals surface area (Å²) in [6.45, 7) is 0.179. The summed E-state index contributed by atoms with van der Waals surface area (Å²) in [6.07, 6.45) is 0.926. The van der Waals surface area contributed by atoms with Crippen LogP contribution in [-0.4, -0.2) is 23.3 Å². The van der Waals surface area contributed by atoms with Crippen LogP contribution in [0.15, 0.2) is 54.6 Å². The number of hydrogen-bond acceptors (Lipinski definition) is 3. The van der Waals surface area contributed by atoms with Gasteiger partial charge >= 0.3 is 0 Å². The van der Waals surface area contributed by atoms with Crippen molar-refractivity contribution in [1.82, 2.24) is 15.6 Å². The Hall–Kier alpha value is -3.35. The molecule has 28 heavy (non-hydrogen) atoms. The predicted molar refractivity (Wildman–Crippen MR) is 99.5 cm³/mol. The fourth-order valence-corrected chi connectivity index (χ4v) is 3.53. The van der Waals surface area contributed by atoms with E-state index in [4.69, 9.17) is 0 Å². The van der Waals surface area contributed by atoms with Crippen LogP contribution in [0.5, 0.6) is 0 Å². The van der Waals surface area contributed by atoms with E-state index in [1.807, 2.05) is 30.3 Å². The maximum Gasteiger partial charge on any atom is 0.269 e. The summed E-state index contributed by atoms with van der Waals surface area (Å²) in [5, 5.41) is 5.89. The number of pyridine rings is 1. The van der Waals surface area contributed by atoms with E-state index in [1.165, 1.54) is 12.1 Å². The summed E-state index contributed by atoms with van der Waals surface area (Å²) in [6, 6.07) is 14.1. The normalized spacial score (nSPS) is 18.9. The van der Waals surface area contributed by atoms with Crippen molar-refractivity contribution in [2.45, 2.75) is 18.4 Å². The largest absolute Gasteiger partial charge is 0.348 e. The molecular formula is C21H17F2N3O2. The third-order valence-corrected chi connectivity index (χ3v) is 4.99. The van der Waals surface area contributed by atoms with E-state index in [0.29, 0.717) is 12.8 Å². The Morgan fingerprint density at radius 3 is 2.64 bits per heavy atom. The fraction of sp³-hybridized carbons (Fsp3) is 0.190. The number of rotatable bonds is 4. The SMILES string of the molecule is O=C1CCC(CNC(=O)c2ccc3c(F)cc(F)cc3n2)(c2ccccc2)N1. The van der Waals surface area contributed by atoms with Crippen molar-refractivity contribution in [2.24, 2.45) is 0 Å². The van der Waals surface area contributed by atoms with E-state index < -0.39 is 23.1 Å². The number of carbonyl (C=O) groups is 2. The minimum Gasteiger partial charge on any atom is -0.348 e. The Bertz CT molecular complexity index is 1070. The molecule has 1 atom stereocenters. The highest BCUT2D eigenvalue weighted by Crippen LogP contribution is 2.31. The summed E-state index contributed by atoms with van der Waals surface area (Å²) in [5.74, 6) is -2.05. The molecule has 1 aromatic heterocycles. The Kier molecular flexibility index (Phi) is 4.50. The molecule has 7 heteroatoms. The molecule has 1 aliphatic rings. The van der Waals surface area contributed by atoms with Crippen LogP contribution in [0.1, 0.15) is 28.9 Å². The molecular weight excluding hydrogens is 364 g/mol. The average molecular weight is 381 g/mol. The fourth-order valence-electron chi connectivity index (χ4n) is 3.53. The Labute approximate surface area is 159 Å². The summed E-state index contributed by atoms with van der Waals surface area (Å²) < 4.78 is 27.2. The molecule has 0 aliphatic carbocycles. The number of carbonyl (C=O) groups excluding carboxylic acids is 2. The first-order valence-electron chi connectivity index (χ1n) is 8.87. The average Bonchev–Trinajstić information content (AvgIpc) is 3.08. The Morgan fingerprint density at radius 1 is 1.14 bits per heavy atom. The number of amides is 2. The van der Waals surface area contributed by atoms with Gasteiger partial charge in [0.1, 0.15) is 17.3 Å². The van der Waals surface area contributed by atoms with E-state index in [-0.39, 0.29) is 29.0 Å². The zero-order chi connectivity index (χ0) is 19.7. The third-order valence-electron chi connectivity index (χ3n) is 4.99. The van der Waals surface area contributed by atoms with E-state index in [0.717, 1.165) is 17.7 Å². The van der Waals surface area contributed by atoms with Gasteiger partial charge in [0.15, 0.2) is 0 Å². The summed E-state index contributed by atoms with van der Waals surface area (Å²) >= 11 is 0. The highest BCUT2D eigenvalue weighted by Gasteiger charge is 2.39. The number of benzene rings is 2. The van der Waals surface area contributed by atoms with Crippen LogP contribution in [0.25, 0.3) is 10.9 Å². The maximum absolute atomic E-state index is 13.8. The van der Waals surface area contributed by atoms with Crippen molar-refractivity contribution in [3.8, 4) is 0 Å². The first kappa shape index (κ1) is 18.0. The minimum absolute atomic E-state index is 0.0463. The molecule has 2 heterocycles. The first-order valence-corrected chi connectivity index (χ1v) is 8.87. The molecule has 1 fully saturated rings. The van der Waals surface area contributed by atoms with Crippen LogP contribution in [-0.2, 0) is 10.3 Å². The monoisotopic (exact) mass is 381 g/mol. The van der Waals surface area contributed by atoms with Crippen molar-refractivity contribution in [3.63, 3.8) is 0 Å². The standard InChI is InChI=1S/C21H17F2N3O2/c22-14-10-16(23)15-6-7-17(25-18(15)11-14)20(28)24-12-21(9-8-19(27)26-21)13-4-2-1-3-5-13/h1-7,10-11H,8-9,12H2,(H,24,28)(H,26,27). The quantitative estimate of drug-likeness (QED) is 0.730. The second-order valence-electron chi connectivity index (χ2n) is 6.83. The zero-order valence-electron chi connectivity index (χ0n) is 14.8. The highest BCUT2D eigenvalue weighted by atomic mass is 19.1. The summed E-state index contributed by atoms with van der Waals surface area (Å²) in [7, 11) is 0. The third kappa shape index (κ3) is 3.31. The highest BCUT2D eigenvalue weighted by molar-refractivity contribution is 5.95. The molecule has 0 bridgehead atoms. The molecule has 0 saturated carbocycles. The lowest BCUT2D eigenvalue weighted by atomic mass is 9.88. The van der Waals surface area contributed by atoms with E-state index in [1.54, 1.807) is 0 Å². The van der Waals surface area contributed by atoms with Crippen molar-refractivity contribution < 1.29 is 18.4 Å². The molecule has 1 saturated heterocycles. The van der Waals surface area contributed by atoms with Crippen molar-refractivity contribution in [2.75, 3.05) is 6.54 Å². The lowest BCUT2D eigenvalue weighted by Crippen LogP contribution is -2.48. The van der Waals surface area contributed by atoms with Gasteiger partial charge < -0.3 is 10.6 Å². The Balaban J connectivity index is 1.58. The summed E-state index contributed by atoms with van der Waals surface area (Å²) in [4.78, 5) is 28.5. The van der Waals surface area contributed by atoms with E-state index in [9.17, 15) is 18.4 Å². The van der Waals surface area contributed by atoms with Gasteiger partial charge in [0, 0.05) is 30.5 Å². The van der Waals surface area contributed by atoms with Crippen LogP contribution >= 0.6 is 0 Å². The van der Waals surface area contributed by atoms with Crippen LogP contribution < -0.4 is 10.6 Å². The van der Waals surface area contributed by atoms with Crippen molar-refractivity contribution in [3.05, 3.63) is 77.5 Å². The molecule has 4 rings (SSSR count). The molecule has 0 radical (unpaired) electrons. The van der Waals surface area contributed by atoms with Crippen LogP contribution in [0, 0.1) is 11.6 Å². The predicted octanol–water partition coefficient (Wildman–Crippen LogP) is 3.05. The lowest BCUT2D eigenvalue weighted by molar-refractivity contribution is -0.119. The van der Waals surface area contributed by atoms with Gasteiger partial charge in [0.25, 0.3) is 5.91 Å². The van der Waals surface area contributed by atoms with E-state index >= 15 is 0 Å². The van der Waals surface area contributed by atoms with Gasteiger partial charge in [0.05, 0.1) is 11.1 Å². The van der Waals surface area contributed by atoms with Crippen LogP contribution in [0.2, 0.25) is 0 Å². The second-order valence-corrected chi connectivity index (χ2v) is 6.83. The van der Waals surface area contributed by atoms with Gasteiger partial charge in [-0.2, -0.15) is 0 Å². The van der Waals surface area contributed by atoms with Gasteiger partial charge in [-0.15, -0.1) is 0 Å². The molecule has 1 aliphatic heterocycles. The molecule has 142 valence electrons. The smallest absolute Gasteiger partial charge is 0.269 e. The molecule has 3 aromatic rings. The maximum atomic E-state index is 13.8. The second kappa shape index (κ2) is 6.99. The van der Waals surface area contributed by atoms with Gasteiger partial charge in [-0.25, -0.2) is 13.8 Å². The number of fused-ring (bicyclic) bond motifs is 1. The Morgan fingerprint density at radius 2 is 1.93 bits per heavy atom. The number of nitrogens with zero attached hydrogens (tertiary/aromatic N) is 1. The number of hydrogen-bond donors (Lipinski definition) is 2. The first-order chi connectivity index (χ1) is 13.5. The van der Waals surface area contributed by atoms with Crippen molar-refractivity contribution in [1.29, 1.82) is 0 Å². The molecule has 2 aromatic carbocycles. The molecule has 5 nitrogen and oxygen atoms in total. The molecule has 2 amide bonds. The molecule has 2 N–H and O–H groups in total. The van der Waals surface area contributed by atoms with Gasteiger partial charge in [-0.3, -0.25) is 9.59 Å². The number of nitrogens with one attached hydrogen (secondary N) is 2. The van der Waals surface area contributed by atoms with Gasteiger partial charge in [0.2, 0.25) is 5.91 Å². The molecule has 0 spiro atoms. The van der Waals surface area contributed by atoms with E-state index in [2.05, 4.69) is 15.6 Å². The van der Waals surface area contributed by atoms with Crippen LogP contribution in [0.4, 0.5) is 8.78 Å².